The third-order valence-electron chi connectivity index (χ3n) is 2.51. The summed E-state index contributed by atoms with van der Waals surface area (Å²) < 4.78 is 1.19. The summed E-state index contributed by atoms with van der Waals surface area (Å²) in [5, 5.41) is 15.4. The molecule has 1 aromatic rings. The van der Waals surface area contributed by atoms with Gasteiger partial charge in [0, 0.05) is 12.7 Å². The third kappa shape index (κ3) is 2.59. The Morgan fingerprint density at radius 1 is 1.56 bits per heavy atom. The lowest BCUT2D eigenvalue weighted by Gasteiger charge is -2.05. The second-order valence-corrected chi connectivity index (χ2v) is 3.93. The van der Waals surface area contributed by atoms with Crippen LogP contribution in [0.5, 0.6) is 0 Å². The van der Waals surface area contributed by atoms with Gasteiger partial charge in [-0.15, -0.1) is 0 Å². The van der Waals surface area contributed by atoms with Gasteiger partial charge in [0.15, 0.2) is 0 Å². The normalized spacial score (nSPS) is 14.8. The highest BCUT2D eigenvalue weighted by Crippen LogP contribution is 2.27. The van der Waals surface area contributed by atoms with Crippen molar-refractivity contribution in [2.45, 2.75) is 19.4 Å². The van der Waals surface area contributed by atoms with Crippen molar-refractivity contribution < 1.29 is 14.7 Å². The van der Waals surface area contributed by atoms with Crippen molar-refractivity contribution in [3.63, 3.8) is 0 Å². The average molecular weight is 223 g/mol. The minimum atomic E-state index is -1.08. The van der Waals surface area contributed by atoms with Gasteiger partial charge in [-0.25, -0.2) is 9.48 Å². The summed E-state index contributed by atoms with van der Waals surface area (Å²) in [7, 11) is 0. The molecule has 1 heterocycles. The van der Waals surface area contributed by atoms with Gasteiger partial charge in [-0.2, -0.15) is 5.10 Å². The van der Waals surface area contributed by atoms with Crippen molar-refractivity contribution in [3.05, 3.63) is 18.0 Å². The Morgan fingerprint density at radius 2 is 2.31 bits per heavy atom. The second kappa shape index (κ2) is 4.34. The summed E-state index contributed by atoms with van der Waals surface area (Å²) in [5.74, 6) is -0.661. The molecule has 2 N–H and O–H groups in total. The van der Waals surface area contributed by atoms with Gasteiger partial charge in [-0.05, 0) is 24.8 Å². The van der Waals surface area contributed by atoms with Crippen molar-refractivity contribution in [2.75, 3.05) is 6.54 Å². The summed E-state index contributed by atoms with van der Waals surface area (Å²) >= 11 is 0. The molecule has 1 saturated carbocycles. The molecule has 1 aromatic heterocycles. The van der Waals surface area contributed by atoms with E-state index in [4.69, 9.17) is 5.11 Å². The van der Waals surface area contributed by atoms with Crippen LogP contribution in [0.4, 0.5) is 0 Å². The van der Waals surface area contributed by atoms with E-state index in [1.807, 2.05) is 0 Å². The Kier molecular flexibility index (Phi) is 2.89. The maximum Gasteiger partial charge on any atom is 0.354 e. The Morgan fingerprint density at radius 3 is 2.94 bits per heavy atom. The molecule has 0 unspecified atom stereocenters. The zero-order valence-corrected chi connectivity index (χ0v) is 8.72. The molecule has 1 amide bonds. The molecular formula is C10H13N3O3. The molecule has 0 bridgehead atoms. The number of hydrogen-bond donors (Lipinski definition) is 2. The van der Waals surface area contributed by atoms with Crippen LogP contribution >= 0.6 is 0 Å². The Balaban J connectivity index is 1.89. The first-order valence-electron chi connectivity index (χ1n) is 5.18. The van der Waals surface area contributed by atoms with Crippen LogP contribution in [0.25, 0.3) is 0 Å². The molecule has 0 spiro atoms. The number of carbonyl (C=O) groups excluding carboxylic acids is 1. The molecule has 6 heteroatoms. The first-order valence-corrected chi connectivity index (χ1v) is 5.18. The lowest BCUT2D eigenvalue weighted by Crippen LogP contribution is -2.30. The molecule has 0 atom stereocenters. The van der Waals surface area contributed by atoms with Crippen LogP contribution in [0, 0.1) is 5.92 Å². The Hall–Kier alpha value is -1.85. The molecule has 1 aliphatic carbocycles. The van der Waals surface area contributed by atoms with Crippen LogP contribution in [0.2, 0.25) is 0 Å². The van der Waals surface area contributed by atoms with Crippen LogP contribution in [-0.2, 0) is 11.3 Å². The fourth-order valence-electron chi connectivity index (χ4n) is 1.41. The molecule has 86 valence electrons. The first kappa shape index (κ1) is 10.7. The van der Waals surface area contributed by atoms with Crippen LogP contribution in [0.1, 0.15) is 23.3 Å². The van der Waals surface area contributed by atoms with Gasteiger partial charge in [0.1, 0.15) is 12.2 Å². The van der Waals surface area contributed by atoms with Gasteiger partial charge < -0.3 is 10.4 Å². The maximum atomic E-state index is 11.5. The summed E-state index contributed by atoms with van der Waals surface area (Å²) in [6.45, 7) is 0.643. The maximum absolute atomic E-state index is 11.5. The smallest absolute Gasteiger partial charge is 0.354 e. The zero-order chi connectivity index (χ0) is 11.5. The molecule has 1 aliphatic rings. The minimum Gasteiger partial charge on any atom is -0.477 e. The fourth-order valence-corrected chi connectivity index (χ4v) is 1.41. The number of aromatic nitrogens is 2. The lowest BCUT2D eigenvalue weighted by molar-refractivity contribution is -0.121. The van der Waals surface area contributed by atoms with Crippen LogP contribution in [-0.4, -0.2) is 33.3 Å². The van der Waals surface area contributed by atoms with Gasteiger partial charge in [0.05, 0.1) is 0 Å². The van der Waals surface area contributed by atoms with Gasteiger partial charge >= 0.3 is 5.97 Å². The highest BCUT2D eigenvalue weighted by molar-refractivity contribution is 5.86. The molecule has 2 rings (SSSR count). The van der Waals surface area contributed by atoms with Crippen LogP contribution < -0.4 is 5.32 Å². The molecule has 0 saturated heterocycles. The summed E-state index contributed by atoms with van der Waals surface area (Å²) in [6.07, 6.45) is 3.71. The first-order chi connectivity index (χ1) is 7.66. The highest BCUT2D eigenvalue weighted by Gasteiger charge is 2.22. The number of rotatable bonds is 5. The highest BCUT2D eigenvalue weighted by atomic mass is 16.4. The van der Waals surface area contributed by atoms with Crippen molar-refractivity contribution in [1.82, 2.24) is 15.1 Å². The standard InChI is InChI=1S/C10H13N3O3/c14-9(11-5-7-1-2-7)6-13-8(10(15)16)3-4-12-13/h3-4,7H,1-2,5-6H2,(H,11,14)(H,15,16). The third-order valence-corrected chi connectivity index (χ3v) is 2.51. The topological polar surface area (TPSA) is 84.2 Å². The van der Waals surface area contributed by atoms with Crippen LogP contribution in [0.15, 0.2) is 12.3 Å². The number of hydrogen-bond acceptors (Lipinski definition) is 3. The molecular weight excluding hydrogens is 210 g/mol. The summed E-state index contributed by atoms with van der Waals surface area (Å²) in [6, 6.07) is 1.37. The van der Waals surface area contributed by atoms with Crippen molar-refractivity contribution in [1.29, 1.82) is 0 Å². The molecule has 16 heavy (non-hydrogen) atoms. The number of amides is 1. The van der Waals surface area contributed by atoms with Gasteiger partial charge in [0.25, 0.3) is 0 Å². The number of carboxylic acids is 1. The van der Waals surface area contributed by atoms with Gasteiger partial charge in [-0.3, -0.25) is 4.79 Å². The molecule has 0 aromatic carbocycles. The van der Waals surface area contributed by atoms with E-state index in [-0.39, 0.29) is 18.1 Å². The van der Waals surface area contributed by atoms with Gasteiger partial charge in [0.2, 0.25) is 5.91 Å². The SMILES string of the molecule is O=C(Cn1nccc1C(=O)O)NCC1CC1. The quantitative estimate of drug-likeness (QED) is 0.741. The molecule has 6 nitrogen and oxygen atoms in total. The van der Waals surface area contributed by atoms with E-state index >= 15 is 0 Å². The predicted molar refractivity (Wildman–Crippen MR) is 54.9 cm³/mol. The number of carboxylic acid groups (broad SMARTS) is 1. The second-order valence-electron chi connectivity index (χ2n) is 3.93. The van der Waals surface area contributed by atoms with E-state index in [1.165, 1.54) is 29.8 Å². The van der Waals surface area contributed by atoms with Crippen LogP contribution in [0.3, 0.4) is 0 Å². The van der Waals surface area contributed by atoms with E-state index < -0.39 is 5.97 Å². The Labute approximate surface area is 92.3 Å². The lowest BCUT2D eigenvalue weighted by atomic mass is 10.4. The fraction of sp³-hybridized carbons (Fsp3) is 0.500. The predicted octanol–water partition coefficient (Wildman–Crippen LogP) is 0.107. The monoisotopic (exact) mass is 223 g/mol. The van der Waals surface area contributed by atoms with E-state index in [0.717, 1.165) is 0 Å². The van der Waals surface area contributed by atoms with Crippen molar-refractivity contribution in [2.24, 2.45) is 5.92 Å². The van der Waals surface area contributed by atoms with E-state index in [1.54, 1.807) is 0 Å². The Bertz CT molecular complexity index is 409. The number of carbonyl (C=O) groups is 2. The largest absolute Gasteiger partial charge is 0.477 e. The molecule has 0 aliphatic heterocycles. The van der Waals surface area contributed by atoms with E-state index in [0.29, 0.717) is 12.5 Å². The zero-order valence-electron chi connectivity index (χ0n) is 8.72. The summed E-state index contributed by atoms with van der Waals surface area (Å²) in [4.78, 5) is 22.2. The number of nitrogens with zero attached hydrogens (tertiary/aromatic N) is 2. The van der Waals surface area contributed by atoms with E-state index in [9.17, 15) is 9.59 Å². The summed E-state index contributed by atoms with van der Waals surface area (Å²) in [5.41, 5.74) is 0.0292. The van der Waals surface area contributed by atoms with E-state index in [2.05, 4.69) is 10.4 Å². The molecule has 0 radical (unpaired) electrons. The number of aromatic carboxylic acids is 1. The van der Waals surface area contributed by atoms with Crippen molar-refractivity contribution in [3.8, 4) is 0 Å². The number of nitrogens with one attached hydrogen (secondary N) is 1. The van der Waals surface area contributed by atoms with Gasteiger partial charge in [-0.1, -0.05) is 0 Å². The molecule has 1 fully saturated rings. The minimum absolute atomic E-state index is 0.0292. The average Bonchev–Trinajstić information content (AvgIpc) is 2.95. The van der Waals surface area contributed by atoms with Crippen molar-refractivity contribution >= 4 is 11.9 Å².